The van der Waals surface area contributed by atoms with Gasteiger partial charge in [-0.2, -0.15) is 0 Å². The molecule has 1 aliphatic carbocycles. The predicted octanol–water partition coefficient (Wildman–Crippen LogP) is 6.01. The Balaban J connectivity index is 1.88. The molecule has 1 radical (unpaired) electrons. The molecule has 115 valence electrons. The van der Waals surface area contributed by atoms with Gasteiger partial charge in [0, 0.05) is 6.42 Å². The Morgan fingerprint density at radius 1 is 0.826 bits per heavy atom. The number of rotatable bonds is 2. The quantitative estimate of drug-likeness (QED) is 0.415. The molecule has 3 aromatic carbocycles. The number of fused-ring (bicyclic) bond motifs is 3. The van der Waals surface area contributed by atoms with Gasteiger partial charge in [-0.05, 0) is 70.5 Å². The van der Waals surface area contributed by atoms with Crippen LogP contribution in [0.4, 0.5) is 0 Å². The van der Waals surface area contributed by atoms with Gasteiger partial charge < -0.3 is 4.43 Å². The molecular weight excluding hydrogens is 296 g/mol. The molecule has 0 saturated heterocycles. The highest BCUT2D eigenvalue weighted by molar-refractivity contribution is 6.69. The van der Waals surface area contributed by atoms with Gasteiger partial charge in [-0.1, -0.05) is 42.5 Å². The maximum absolute atomic E-state index is 6.37. The lowest BCUT2D eigenvalue weighted by Crippen LogP contribution is -2.28. The van der Waals surface area contributed by atoms with E-state index in [1.54, 1.807) is 0 Å². The van der Waals surface area contributed by atoms with Gasteiger partial charge >= 0.3 is 0 Å². The van der Waals surface area contributed by atoms with E-state index in [2.05, 4.69) is 86.7 Å². The van der Waals surface area contributed by atoms with Gasteiger partial charge in [0.15, 0.2) is 8.32 Å². The lowest BCUT2D eigenvalue weighted by atomic mass is 9.90. The van der Waals surface area contributed by atoms with E-state index in [0.717, 1.165) is 0 Å². The Bertz CT molecular complexity index is 918. The maximum atomic E-state index is 6.37. The minimum atomic E-state index is -1.59. The van der Waals surface area contributed by atoms with Gasteiger partial charge in [0.05, 0.1) is 6.10 Å². The lowest BCUT2D eigenvalue weighted by molar-refractivity contribution is 0.246. The van der Waals surface area contributed by atoms with Crippen LogP contribution in [0.3, 0.4) is 0 Å². The molecule has 0 saturated carbocycles. The minimum absolute atomic E-state index is 0.0811. The van der Waals surface area contributed by atoms with Gasteiger partial charge in [-0.15, -0.1) is 0 Å². The van der Waals surface area contributed by atoms with Crippen molar-refractivity contribution >= 4 is 29.9 Å². The Morgan fingerprint density at radius 3 is 2.13 bits per heavy atom. The average molecular weight is 317 g/mol. The third-order valence-corrected chi connectivity index (χ3v) is 5.22. The molecule has 1 nitrogen and oxygen atoms in total. The first kappa shape index (κ1) is 14.7. The molecule has 0 aliphatic heterocycles. The summed E-state index contributed by atoms with van der Waals surface area (Å²) in [4.78, 5) is 0. The van der Waals surface area contributed by atoms with E-state index in [4.69, 9.17) is 4.43 Å². The van der Waals surface area contributed by atoms with Gasteiger partial charge in [-0.3, -0.25) is 0 Å². The number of hydrogen-bond donors (Lipinski definition) is 0. The van der Waals surface area contributed by atoms with E-state index in [1.807, 2.05) is 0 Å². The van der Waals surface area contributed by atoms with Crippen LogP contribution in [0.25, 0.3) is 21.5 Å². The van der Waals surface area contributed by atoms with E-state index in [9.17, 15) is 0 Å². The number of allylic oxidation sites excluding steroid dienone is 1. The standard InChI is InChI=1S/C21H21OSi/c1-23(2,3)22-21-10-6-9-17-13-18-11-15-7-4-5-8-16(15)12-19(18)14-20(17)21/h4-14,21H,1-3H3. The van der Waals surface area contributed by atoms with Crippen LogP contribution in [0, 0.1) is 6.42 Å². The summed E-state index contributed by atoms with van der Waals surface area (Å²) < 4.78 is 6.37. The van der Waals surface area contributed by atoms with Crippen molar-refractivity contribution in [3.63, 3.8) is 0 Å². The lowest BCUT2D eigenvalue weighted by Gasteiger charge is -2.28. The second-order valence-electron chi connectivity index (χ2n) is 7.23. The van der Waals surface area contributed by atoms with Crippen molar-refractivity contribution in [3.8, 4) is 0 Å². The van der Waals surface area contributed by atoms with Crippen LogP contribution < -0.4 is 0 Å². The molecule has 3 aromatic rings. The predicted molar refractivity (Wildman–Crippen MR) is 101 cm³/mol. The fraction of sp³-hybridized carbons (Fsp3) is 0.190. The van der Waals surface area contributed by atoms with E-state index in [1.165, 1.54) is 32.7 Å². The highest BCUT2D eigenvalue weighted by Gasteiger charge is 2.24. The van der Waals surface area contributed by atoms with E-state index < -0.39 is 8.32 Å². The summed E-state index contributed by atoms with van der Waals surface area (Å²) >= 11 is 0. The molecule has 1 atom stereocenters. The number of hydrogen-bond acceptors (Lipinski definition) is 1. The zero-order valence-corrected chi connectivity index (χ0v) is 14.8. The van der Waals surface area contributed by atoms with Crippen molar-refractivity contribution in [1.29, 1.82) is 0 Å². The van der Waals surface area contributed by atoms with Gasteiger partial charge in [0.2, 0.25) is 0 Å². The fourth-order valence-corrected chi connectivity index (χ4v) is 4.23. The van der Waals surface area contributed by atoms with Gasteiger partial charge in [0.1, 0.15) is 0 Å². The molecular formula is C21H21OSi. The maximum Gasteiger partial charge on any atom is 0.185 e. The molecule has 0 amide bonds. The average Bonchev–Trinajstić information content (AvgIpc) is 2.50. The van der Waals surface area contributed by atoms with E-state index in [0.29, 0.717) is 0 Å². The van der Waals surface area contributed by atoms with Gasteiger partial charge in [-0.25, -0.2) is 0 Å². The van der Waals surface area contributed by atoms with Crippen LogP contribution in [-0.4, -0.2) is 8.32 Å². The minimum Gasteiger partial charge on any atom is -0.407 e. The zero-order chi connectivity index (χ0) is 16.0. The molecule has 1 aliphatic rings. The SMILES string of the molecule is C[Si](C)(C)OC1C=C[CH]c2cc3cc4ccccc4cc3cc21. The van der Waals surface area contributed by atoms with Gasteiger partial charge in [0.25, 0.3) is 0 Å². The second-order valence-corrected chi connectivity index (χ2v) is 11.7. The van der Waals surface area contributed by atoms with Crippen molar-refractivity contribution in [1.82, 2.24) is 0 Å². The van der Waals surface area contributed by atoms with Crippen LogP contribution >= 0.6 is 0 Å². The highest BCUT2D eigenvalue weighted by Crippen LogP contribution is 2.35. The molecule has 0 bridgehead atoms. The van der Waals surface area contributed by atoms with Crippen LogP contribution in [0.5, 0.6) is 0 Å². The summed E-state index contributed by atoms with van der Waals surface area (Å²) in [5.74, 6) is 0. The molecule has 1 unspecified atom stereocenters. The first-order chi connectivity index (χ1) is 11.0. The second kappa shape index (κ2) is 5.33. The molecule has 2 heteroatoms. The Kier molecular flexibility index (Phi) is 3.40. The largest absolute Gasteiger partial charge is 0.407 e. The van der Waals surface area contributed by atoms with Crippen LogP contribution in [0.1, 0.15) is 17.2 Å². The molecule has 0 N–H and O–H groups in total. The van der Waals surface area contributed by atoms with Crippen molar-refractivity contribution in [2.45, 2.75) is 25.7 Å². The molecule has 23 heavy (non-hydrogen) atoms. The summed E-state index contributed by atoms with van der Waals surface area (Å²) in [6, 6.07) is 17.7. The normalized spacial score (nSPS) is 17.6. The van der Waals surface area contributed by atoms with Crippen LogP contribution in [0.15, 0.2) is 60.7 Å². The van der Waals surface area contributed by atoms with Crippen molar-refractivity contribution in [3.05, 3.63) is 78.2 Å². The van der Waals surface area contributed by atoms with Crippen LogP contribution in [0.2, 0.25) is 19.6 Å². The zero-order valence-electron chi connectivity index (χ0n) is 13.8. The Hall–Kier alpha value is -1.90. The Morgan fingerprint density at radius 2 is 1.48 bits per heavy atom. The van der Waals surface area contributed by atoms with Crippen LogP contribution in [-0.2, 0) is 4.43 Å². The molecule has 0 spiro atoms. The van der Waals surface area contributed by atoms with E-state index >= 15 is 0 Å². The summed E-state index contributed by atoms with van der Waals surface area (Å²) in [6.45, 7) is 6.73. The molecule has 0 aromatic heterocycles. The molecule has 4 rings (SSSR count). The number of benzene rings is 3. The highest BCUT2D eigenvalue weighted by atomic mass is 28.4. The first-order valence-electron chi connectivity index (χ1n) is 8.15. The van der Waals surface area contributed by atoms with Crippen molar-refractivity contribution in [2.75, 3.05) is 0 Å². The third-order valence-electron chi connectivity index (χ3n) is 4.26. The smallest absolute Gasteiger partial charge is 0.185 e. The summed E-state index contributed by atoms with van der Waals surface area (Å²) in [5, 5.41) is 5.16. The van der Waals surface area contributed by atoms with Crippen molar-refractivity contribution in [2.24, 2.45) is 0 Å². The fourth-order valence-electron chi connectivity index (χ4n) is 3.27. The third kappa shape index (κ3) is 2.85. The summed E-state index contributed by atoms with van der Waals surface area (Å²) in [7, 11) is -1.59. The first-order valence-corrected chi connectivity index (χ1v) is 11.6. The monoisotopic (exact) mass is 317 g/mol. The summed E-state index contributed by atoms with van der Waals surface area (Å²) in [5.41, 5.74) is 2.57. The van der Waals surface area contributed by atoms with Crippen molar-refractivity contribution < 1.29 is 4.43 Å². The summed E-state index contributed by atoms with van der Waals surface area (Å²) in [6.07, 6.45) is 6.57. The Labute approximate surface area is 138 Å². The van der Waals surface area contributed by atoms with E-state index in [-0.39, 0.29) is 6.10 Å². The molecule has 0 fully saturated rings. The topological polar surface area (TPSA) is 9.23 Å². The molecule has 0 heterocycles.